The summed E-state index contributed by atoms with van der Waals surface area (Å²) < 4.78 is 5.36. The molecule has 0 heterocycles. The monoisotopic (exact) mass is 144 g/mol. The number of rotatable bonds is 4. The molecule has 1 nitrogen and oxygen atoms in total. The number of ether oxygens (including phenoxy) is 1. The minimum Gasteiger partial charge on any atom is -0.381 e. The van der Waals surface area contributed by atoms with E-state index in [-0.39, 0.29) is 0 Å². The lowest BCUT2D eigenvalue weighted by Gasteiger charge is -2.31. The van der Waals surface area contributed by atoms with Gasteiger partial charge in [-0.1, -0.05) is 27.7 Å². The van der Waals surface area contributed by atoms with E-state index in [0.29, 0.717) is 11.5 Å². The van der Waals surface area contributed by atoms with E-state index in [0.717, 1.165) is 6.42 Å². The molecule has 0 aromatic heterocycles. The smallest absolute Gasteiger partial charge is 0.0619 e. The van der Waals surface area contributed by atoms with Crippen LogP contribution in [0.5, 0.6) is 0 Å². The molecule has 0 aliphatic rings. The van der Waals surface area contributed by atoms with Crippen LogP contribution < -0.4 is 0 Å². The van der Waals surface area contributed by atoms with Crippen molar-refractivity contribution in [1.82, 2.24) is 0 Å². The Balaban J connectivity index is 3.97. The summed E-state index contributed by atoms with van der Waals surface area (Å²) in [7, 11) is 1.80. The molecular weight excluding hydrogens is 124 g/mol. The van der Waals surface area contributed by atoms with Crippen LogP contribution in [0.2, 0.25) is 0 Å². The second kappa shape index (κ2) is 3.97. The molecule has 62 valence electrons. The Kier molecular flexibility index (Phi) is 3.95. The molecule has 0 fully saturated rings. The lowest BCUT2D eigenvalue weighted by atomic mass is 9.82. The third-order valence-corrected chi connectivity index (χ3v) is 2.44. The maximum Gasteiger partial charge on any atom is 0.0619 e. The molecule has 0 spiro atoms. The van der Waals surface area contributed by atoms with Gasteiger partial charge in [0.15, 0.2) is 0 Å². The summed E-state index contributed by atoms with van der Waals surface area (Å²) in [6, 6.07) is 0. The second-order valence-corrected chi connectivity index (χ2v) is 3.47. The lowest BCUT2D eigenvalue weighted by Crippen LogP contribution is -2.29. The summed E-state index contributed by atoms with van der Waals surface area (Å²) in [5, 5.41) is 0. The first-order valence-electron chi connectivity index (χ1n) is 4.11. The zero-order valence-corrected chi connectivity index (χ0v) is 7.90. The van der Waals surface area contributed by atoms with Gasteiger partial charge in [-0.05, 0) is 18.3 Å². The van der Waals surface area contributed by atoms with Gasteiger partial charge in [-0.2, -0.15) is 0 Å². The Morgan fingerprint density at radius 2 is 1.80 bits per heavy atom. The first-order valence-corrected chi connectivity index (χ1v) is 4.11. The lowest BCUT2D eigenvalue weighted by molar-refractivity contribution is 0.00247. The van der Waals surface area contributed by atoms with E-state index in [1.165, 1.54) is 6.42 Å². The van der Waals surface area contributed by atoms with Gasteiger partial charge in [0.1, 0.15) is 0 Å². The molecule has 1 atom stereocenters. The van der Waals surface area contributed by atoms with Gasteiger partial charge >= 0.3 is 0 Å². The van der Waals surface area contributed by atoms with Crippen LogP contribution in [0.1, 0.15) is 40.5 Å². The number of hydrogen-bond donors (Lipinski definition) is 0. The maximum absolute atomic E-state index is 5.36. The zero-order valence-electron chi connectivity index (χ0n) is 7.90. The minimum atomic E-state index is 0.337. The molecule has 1 unspecified atom stereocenters. The van der Waals surface area contributed by atoms with Gasteiger partial charge in [-0.15, -0.1) is 0 Å². The third kappa shape index (κ3) is 2.30. The van der Waals surface area contributed by atoms with E-state index in [1.807, 2.05) is 0 Å². The Hall–Kier alpha value is -0.0400. The van der Waals surface area contributed by atoms with Crippen LogP contribution in [0.3, 0.4) is 0 Å². The van der Waals surface area contributed by atoms with Crippen molar-refractivity contribution in [3.63, 3.8) is 0 Å². The molecule has 0 aromatic carbocycles. The zero-order chi connectivity index (χ0) is 8.20. The molecule has 0 saturated carbocycles. The summed E-state index contributed by atoms with van der Waals surface area (Å²) in [6.07, 6.45) is 2.70. The summed E-state index contributed by atoms with van der Waals surface area (Å²) >= 11 is 0. The largest absolute Gasteiger partial charge is 0.381 e. The Labute approximate surface area is 64.8 Å². The maximum atomic E-state index is 5.36. The van der Waals surface area contributed by atoms with Crippen molar-refractivity contribution < 1.29 is 4.74 Å². The molecule has 0 amide bonds. The van der Waals surface area contributed by atoms with Gasteiger partial charge < -0.3 is 4.74 Å². The van der Waals surface area contributed by atoms with Crippen molar-refractivity contribution in [3.05, 3.63) is 0 Å². The fourth-order valence-corrected chi connectivity index (χ4v) is 1.27. The van der Waals surface area contributed by atoms with Gasteiger partial charge in [0.25, 0.3) is 0 Å². The van der Waals surface area contributed by atoms with Crippen molar-refractivity contribution in [3.8, 4) is 0 Å². The van der Waals surface area contributed by atoms with E-state index < -0.39 is 0 Å². The Bertz CT molecular complexity index is 82.7. The van der Waals surface area contributed by atoms with Crippen molar-refractivity contribution >= 4 is 0 Å². The van der Waals surface area contributed by atoms with Crippen LogP contribution in [0.4, 0.5) is 0 Å². The number of methoxy groups -OCH3 is 1. The predicted molar refractivity (Wildman–Crippen MR) is 45.2 cm³/mol. The van der Waals surface area contributed by atoms with E-state index in [1.54, 1.807) is 7.11 Å². The fraction of sp³-hybridized carbons (Fsp3) is 1.00. The SMILES string of the molecule is CCC(OC)C(C)(C)CC. The molecule has 1 heteroatoms. The topological polar surface area (TPSA) is 9.23 Å². The van der Waals surface area contributed by atoms with Crippen LogP contribution in [0, 0.1) is 5.41 Å². The molecule has 0 N–H and O–H groups in total. The molecule has 0 bridgehead atoms. The molecule has 0 radical (unpaired) electrons. The summed E-state index contributed by atoms with van der Waals surface area (Å²) in [5.74, 6) is 0. The summed E-state index contributed by atoms with van der Waals surface area (Å²) in [4.78, 5) is 0. The molecule has 0 aliphatic heterocycles. The summed E-state index contributed by atoms with van der Waals surface area (Å²) in [5.41, 5.74) is 0.337. The van der Waals surface area contributed by atoms with Gasteiger partial charge in [-0.25, -0.2) is 0 Å². The summed E-state index contributed by atoms with van der Waals surface area (Å²) in [6.45, 7) is 8.89. The normalized spacial score (nSPS) is 15.3. The predicted octanol–water partition coefficient (Wildman–Crippen LogP) is 2.85. The van der Waals surface area contributed by atoms with E-state index >= 15 is 0 Å². The molecule has 0 aromatic rings. The highest BCUT2D eigenvalue weighted by Crippen LogP contribution is 2.28. The highest BCUT2D eigenvalue weighted by atomic mass is 16.5. The van der Waals surface area contributed by atoms with E-state index in [2.05, 4.69) is 27.7 Å². The number of hydrogen-bond acceptors (Lipinski definition) is 1. The van der Waals surface area contributed by atoms with Gasteiger partial charge in [0.2, 0.25) is 0 Å². The van der Waals surface area contributed by atoms with Crippen molar-refractivity contribution in [2.24, 2.45) is 5.41 Å². The standard InChI is InChI=1S/C9H20O/c1-6-8(10-5)9(3,4)7-2/h8H,6-7H2,1-5H3. The van der Waals surface area contributed by atoms with Crippen LogP contribution >= 0.6 is 0 Å². The molecule has 10 heavy (non-hydrogen) atoms. The minimum absolute atomic E-state index is 0.337. The van der Waals surface area contributed by atoms with Crippen LogP contribution in [0.15, 0.2) is 0 Å². The van der Waals surface area contributed by atoms with Gasteiger partial charge in [0, 0.05) is 7.11 Å². The van der Waals surface area contributed by atoms with Crippen molar-refractivity contribution in [2.45, 2.75) is 46.6 Å². The quantitative estimate of drug-likeness (QED) is 0.589. The average molecular weight is 144 g/mol. The van der Waals surface area contributed by atoms with Gasteiger partial charge in [0.05, 0.1) is 6.10 Å². The highest BCUT2D eigenvalue weighted by molar-refractivity contribution is 4.75. The first-order chi connectivity index (χ1) is 4.58. The van der Waals surface area contributed by atoms with Crippen LogP contribution in [-0.4, -0.2) is 13.2 Å². The first kappa shape index (κ1) is 9.96. The average Bonchev–Trinajstić information content (AvgIpc) is 1.90. The van der Waals surface area contributed by atoms with E-state index in [9.17, 15) is 0 Å². The molecule has 0 saturated heterocycles. The van der Waals surface area contributed by atoms with Crippen molar-refractivity contribution in [1.29, 1.82) is 0 Å². The third-order valence-electron chi connectivity index (χ3n) is 2.44. The molecule has 0 rings (SSSR count). The van der Waals surface area contributed by atoms with Gasteiger partial charge in [-0.3, -0.25) is 0 Å². The molecule has 0 aliphatic carbocycles. The Morgan fingerprint density at radius 1 is 1.30 bits per heavy atom. The van der Waals surface area contributed by atoms with Crippen LogP contribution in [-0.2, 0) is 4.74 Å². The highest BCUT2D eigenvalue weighted by Gasteiger charge is 2.25. The second-order valence-electron chi connectivity index (χ2n) is 3.47. The molecular formula is C9H20O. The fourth-order valence-electron chi connectivity index (χ4n) is 1.27. The van der Waals surface area contributed by atoms with Crippen molar-refractivity contribution in [2.75, 3.05) is 7.11 Å². The van der Waals surface area contributed by atoms with Crippen LogP contribution in [0.25, 0.3) is 0 Å². The Morgan fingerprint density at radius 3 is 1.90 bits per heavy atom. The van der Waals surface area contributed by atoms with E-state index in [4.69, 9.17) is 4.74 Å².